The Morgan fingerprint density at radius 2 is 2.13 bits per heavy atom. The third kappa shape index (κ3) is 1.64. The van der Waals surface area contributed by atoms with Gasteiger partial charge in [0.05, 0.1) is 0 Å². The van der Waals surface area contributed by atoms with E-state index in [4.69, 9.17) is 4.74 Å². The van der Waals surface area contributed by atoms with Gasteiger partial charge >= 0.3 is 17.8 Å². The first-order valence-electron chi connectivity index (χ1n) is 6.79. The van der Waals surface area contributed by atoms with E-state index in [1.807, 2.05) is 0 Å². The molecule has 0 spiro atoms. The van der Waals surface area contributed by atoms with E-state index < -0.39 is 29.4 Å². The smallest absolute Gasteiger partial charge is 0.398 e. The zero-order valence-corrected chi connectivity index (χ0v) is 11.7. The van der Waals surface area contributed by atoms with E-state index in [1.54, 1.807) is 0 Å². The molecule has 23 heavy (non-hydrogen) atoms. The SMILES string of the molecule is Cn1nnc2c(C(=O)OC3C4CC3(C(F)(F)F)C4)ncn2c1=O. The van der Waals surface area contributed by atoms with E-state index in [0.717, 1.165) is 15.4 Å². The lowest BCUT2D eigenvalue weighted by atomic mass is 9.41. The molecule has 0 aromatic carbocycles. The van der Waals surface area contributed by atoms with E-state index >= 15 is 0 Å². The molecular formula is C12H10F3N5O3. The summed E-state index contributed by atoms with van der Waals surface area (Å²) in [6.45, 7) is 0. The number of hydrogen-bond acceptors (Lipinski definition) is 6. The second-order valence-corrected chi connectivity index (χ2v) is 5.93. The van der Waals surface area contributed by atoms with E-state index in [-0.39, 0.29) is 30.1 Å². The van der Waals surface area contributed by atoms with Crippen LogP contribution in [0.1, 0.15) is 23.3 Å². The quantitative estimate of drug-likeness (QED) is 0.737. The van der Waals surface area contributed by atoms with Crippen molar-refractivity contribution in [3.05, 3.63) is 22.5 Å². The first-order chi connectivity index (χ1) is 10.7. The van der Waals surface area contributed by atoms with Crippen molar-refractivity contribution in [1.82, 2.24) is 24.4 Å². The molecule has 2 bridgehead atoms. The number of nitrogens with zero attached hydrogens (tertiary/aromatic N) is 5. The van der Waals surface area contributed by atoms with Crippen molar-refractivity contribution in [3.63, 3.8) is 0 Å². The zero-order valence-electron chi connectivity index (χ0n) is 11.7. The van der Waals surface area contributed by atoms with Gasteiger partial charge in [-0.25, -0.2) is 19.0 Å². The van der Waals surface area contributed by atoms with Gasteiger partial charge in [-0.1, -0.05) is 5.21 Å². The molecule has 3 aliphatic carbocycles. The third-order valence-corrected chi connectivity index (χ3v) is 4.72. The highest BCUT2D eigenvalue weighted by Gasteiger charge is 2.79. The van der Waals surface area contributed by atoms with Gasteiger partial charge in [0.2, 0.25) is 0 Å². The number of rotatable bonds is 2. The van der Waals surface area contributed by atoms with Gasteiger partial charge in [-0.2, -0.15) is 17.9 Å². The van der Waals surface area contributed by atoms with Gasteiger partial charge in [-0.3, -0.25) is 0 Å². The summed E-state index contributed by atoms with van der Waals surface area (Å²) in [6.07, 6.45) is -4.56. The number of halogens is 3. The molecule has 3 saturated carbocycles. The number of ether oxygens (including phenoxy) is 1. The molecule has 0 radical (unpaired) electrons. The Morgan fingerprint density at radius 3 is 2.70 bits per heavy atom. The molecule has 1 atom stereocenters. The van der Waals surface area contributed by atoms with Crippen LogP contribution in [0.2, 0.25) is 0 Å². The van der Waals surface area contributed by atoms with Crippen LogP contribution in [0.5, 0.6) is 0 Å². The summed E-state index contributed by atoms with van der Waals surface area (Å²) in [4.78, 5) is 27.6. The highest BCUT2D eigenvalue weighted by Crippen LogP contribution is 2.72. The minimum absolute atomic E-state index is 0.0151. The summed E-state index contributed by atoms with van der Waals surface area (Å²) >= 11 is 0. The van der Waals surface area contributed by atoms with E-state index in [9.17, 15) is 22.8 Å². The van der Waals surface area contributed by atoms with Crippen LogP contribution in [0.3, 0.4) is 0 Å². The standard InChI is InChI=1S/C12H10F3N5O3/c1-19-10(22)20-4-16-6(8(20)17-18-19)9(21)23-7-5-2-11(7,3-5)12(13,14)15/h4-5,7H,2-3H2,1H3. The lowest BCUT2D eigenvalue weighted by molar-refractivity contribution is -0.375. The average molecular weight is 329 g/mol. The number of aromatic nitrogens is 5. The molecule has 5 rings (SSSR count). The van der Waals surface area contributed by atoms with Crippen LogP contribution in [-0.2, 0) is 11.8 Å². The van der Waals surface area contributed by atoms with Crippen LogP contribution < -0.4 is 5.69 Å². The molecule has 3 fully saturated rings. The van der Waals surface area contributed by atoms with Gasteiger partial charge in [0.1, 0.15) is 17.8 Å². The van der Waals surface area contributed by atoms with Gasteiger partial charge in [-0.15, -0.1) is 5.10 Å². The summed E-state index contributed by atoms with van der Waals surface area (Å²) in [6, 6.07) is 0. The fourth-order valence-corrected chi connectivity index (χ4v) is 3.25. The summed E-state index contributed by atoms with van der Waals surface area (Å²) in [5, 5.41) is 7.18. The number of carbonyl (C=O) groups excluding carboxylic acids is 1. The van der Waals surface area contributed by atoms with Gasteiger partial charge in [0, 0.05) is 7.05 Å². The molecule has 2 aromatic rings. The normalized spacial score (nSPS) is 29.0. The van der Waals surface area contributed by atoms with Gasteiger partial charge in [-0.05, 0) is 18.8 Å². The van der Waals surface area contributed by atoms with Gasteiger partial charge in [0.15, 0.2) is 11.3 Å². The van der Waals surface area contributed by atoms with Crippen molar-refractivity contribution in [2.75, 3.05) is 0 Å². The zero-order chi connectivity index (χ0) is 16.6. The predicted octanol–water partition coefficient (Wildman–Crippen LogP) is 0.321. The van der Waals surface area contributed by atoms with Crippen molar-refractivity contribution in [3.8, 4) is 0 Å². The topological polar surface area (TPSA) is 91.4 Å². The molecule has 122 valence electrons. The summed E-state index contributed by atoms with van der Waals surface area (Å²) in [7, 11) is 1.36. The molecule has 1 unspecified atom stereocenters. The molecule has 2 aromatic heterocycles. The highest BCUT2D eigenvalue weighted by atomic mass is 19.4. The second-order valence-electron chi connectivity index (χ2n) is 5.93. The number of alkyl halides is 3. The molecule has 8 nitrogen and oxygen atoms in total. The van der Waals surface area contributed by atoms with E-state index in [2.05, 4.69) is 15.3 Å². The van der Waals surface area contributed by atoms with Crippen LogP contribution in [0, 0.1) is 11.3 Å². The van der Waals surface area contributed by atoms with Crippen LogP contribution >= 0.6 is 0 Å². The molecule has 2 heterocycles. The van der Waals surface area contributed by atoms with Crippen molar-refractivity contribution < 1.29 is 22.7 Å². The largest absolute Gasteiger partial charge is 0.456 e. The van der Waals surface area contributed by atoms with Crippen LogP contribution in [-0.4, -0.2) is 42.6 Å². The van der Waals surface area contributed by atoms with Gasteiger partial charge in [0.25, 0.3) is 0 Å². The first kappa shape index (κ1) is 14.2. The molecule has 3 aliphatic rings. The maximum atomic E-state index is 13.0. The minimum Gasteiger partial charge on any atom is -0.456 e. The Labute approximate surface area is 125 Å². The number of carbonyl (C=O) groups is 1. The van der Waals surface area contributed by atoms with E-state index in [1.165, 1.54) is 7.05 Å². The minimum atomic E-state index is -4.40. The number of hydrogen-bond donors (Lipinski definition) is 0. The maximum absolute atomic E-state index is 13.0. The Balaban J connectivity index is 1.62. The maximum Gasteiger partial charge on any atom is 0.398 e. The van der Waals surface area contributed by atoms with Crippen molar-refractivity contribution in [2.24, 2.45) is 18.4 Å². The predicted molar refractivity (Wildman–Crippen MR) is 66.4 cm³/mol. The van der Waals surface area contributed by atoms with Crippen LogP contribution in [0.25, 0.3) is 5.65 Å². The Hall–Kier alpha value is -2.46. The van der Waals surface area contributed by atoms with E-state index in [0.29, 0.717) is 0 Å². The molecule has 0 amide bonds. The highest BCUT2D eigenvalue weighted by molar-refractivity contribution is 5.93. The monoisotopic (exact) mass is 329 g/mol. The van der Waals surface area contributed by atoms with Crippen molar-refractivity contribution >= 4 is 11.6 Å². The van der Waals surface area contributed by atoms with Crippen molar-refractivity contribution in [1.29, 1.82) is 0 Å². The summed E-state index contributed by atoms with van der Waals surface area (Å²) in [5.74, 6) is -1.30. The lowest BCUT2D eigenvalue weighted by Crippen LogP contribution is -2.73. The Bertz CT molecular complexity index is 880. The Kier molecular flexibility index (Phi) is 2.51. The number of fused-ring (bicyclic) bond motifs is 1. The van der Waals surface area contributed by atoms with Crippen LogP contribution in [0.15, 0.2) is 11.1 Å². The van der Waals surface area contributed by atoms with Crippen LogP contribution in [0.4, 0.5) is 13.2 Å². The first-order valence-corrected chi connectivity index (χ1v) is 6.79. The fourth-order valence-electron chi connectivity index (χ4n) is 3.25. The molecular weight excluding hydrogens is 319 g/mol. The molecule has 11 heteroatoms. The third-order valence-electron chi connectivity index (χ3n) is 4.72. The Morgan fingerprint density at radius 1 is 1.43 bits per heavy atom. The van der Waals surface area contributed by atoms with Gasteiger partial charge < -0.3 is 4.74 Å². The second kappa shape index (κ2) is 4.09. The lowest BCUT2D eigenvalue weighted by Gasteiger charge is -2.66. The number of esters is 1. The summed E-state index contributed by atoms with van der Waals surface area (Å²) in [5.41, 5.74) is -2.98. The van der Waals surface area contributed by atoms with Crippen molar-refractivity contribution in [2.45, 2.75) is 25.1 Å². The molecule has 0 N–H and O–H groups in total. The number of imidazole rings is 1. The summed E-state index contributed by atoms with van der Waals surface area (Å²) < 4.78 is 46.0. The number of aryl methyl sites for hydroxylation is 1. The molecule has 0 saturated heterocycles. The molecule has 0 aliphatic heterocycles. The fraction of sp³-hybridized carbons (Fsp3) is 0.583. The average Bonchev–Trinajstić information content (AvgIpc) is 2.81.